The lowest BCUT2D eigenvalue weighted by Gasteiger charge is -2.25. The highest BCUT2D eigenvalue weighted by Crippen LogP contribution is 2.44. The van der Waals surface area contributed by atoms with E-state index < -0.39 is 21.4 Å². The predicted molar refractivity (Wildman–Crippen MR) is 165 cm³/mol. The first kappa shape index (κ1) is 30.7. The van der Waals surface area contributed by atoms with Gasteiger partial charge in [0.05, 0.1) is 30.6 Å². The molecule has 5 rings (SSSR count). The van der Waals surface area contributed by atoms with Crippen molar-refractivity contribution in [3.05, 3.63) is 70.8 Å². The molecule has 0 saturated carbocycles. The fourth-order valence-electron chi connectivity index (χ4n) is 5.76. The van der Waals surface area contributed by atoms with Gasteiger partial charge in [0.25, 0.3) is 0 Å². The summed E-state index contributed by atoms with van der Waals surface area (Å²) in [6.45, 7) is 10.6. The highest BCUT2D eigenvalue weighted by molar-refractivity contribution is 7.91. The van der Waals surface area contributed by atoms with Crippen LogP contribution in [-0.4, -0.2) is 49.3 Å². The van der Waals surface area contributed by atoms with Gasteiger partial charge in [-0.1, -0.05) is 12.1 Å². The number of sulfone groups is 1. The van der Waals surface area contributed by atoms with Gasteiger partial charge in [-0.2, -0.15) is 0 Å². The lowest BCUT2D eigenvalue weighted by Crippen LogP contribution is -2.30. The number of carbonyl (C=O) groups is 1. The van der Waals surface area contributed by atoms with Gasteiger partial charge in [0.2, 0.25) is 0 Å². The van der Waals surface area contributed by atoms with E-state index in [1.807, 2.05) is 42.5 Å². The Balaban J connectivity index is 1.34. The Morgan fingerprint density at radius 1 is 1.05 bits per heavy atom. The molecule has 0 spiro atoms. The third-order valence-corrected chi connectivity index (χ3v) is 10.3. The number of ether oxygens (including phenoxy) is 4. The molecule has 0 radical (unpaired) electrons. The van der Waals surface area contributed by atoms with Gasteiger partial charge >= 0.3 is 5.97 Å². The Bertz CT molecular complexity index is 1620. The van der Waals surface area contributed by atoms with Gasteiger partial charge in [-0.15, -0.1) is 0 Å². The second-order valence-corrected chi connectivity index (χ2v) is 15.0. The van der Waals surface area contributed by atoms with Gasteiger partial charge < -0.3 is 24.1 Å². The van der Waals surface area contributed by atoms with Crippen molar-refractivity contribution in [3.63, 3.8) is 0 Å². The van der Waals surface area contributed by atoms with E-state index >= 15 is 0 Å². The van der Waals surface area contributed by atoms with Crippen LogP contribution in [0.3, 0.4) is 0 Å². The van der Waals surface area contributed by atoms with Gasteiger partial charge in [-0.05, 0) is 93.6 Å². The Morgan fingerprint density at radius 2 is 1.84 bits per heavy atom. The molecule has 2 aliphatic rings. The second kappa shape index (κ2) is 12.1. The van der Waals surface area contributed by atoms with E-state index in [4.69, 9.17) is 24.1 Å². The number of carboxylic acid groups (broad SMARTS) is 1. The summed E-state index contributed by atoms with van der Waals surface area (Å²) in [4.78, 5) is 11.2. The van der Waals surface area contributed by atoms with Crippen molar-refractivity contribution >= 4 is 15.8 Å². The molecular formula is C34H40O8S. The molecule has 0 saturated heterocycles. The first-order valence-electron chi connectivity index (χ1n) is 14.7. The summed E-state index contributed by atoms with van der Waals surface area (Å²) in [6.07, 6.45) is 1.16. The molecule has 0 aromatic heterocycles. The lowest BCUT2D eigenvalue weighted by atomic mass is 9.89. The van der Waals surface area contributed by atoms with Gasteiger partial charge in [-0.25, -0.2) is 8.42 Å². The normalized spacial score (nSPS) is 16.7. The van der Waals surface area contributed by atoms with E-state index in [0.29, 0.717) is 44.2 Å². The van der Waals surface area contributed by atoms with Crippen LogP contribution in [0.5, 0.6) is 23.0 Å². The second-order valence-electron chi connectivity index (χ2n) is 12.4. The number of carboxylic acids is 1. The first-order chi connectivity index (χ1) is 20.3. The minimum atomic E-state index is -3.10. The number of rotatable bonds is 11. The zero-order valence-corrected chi connectivity index (χ0v) is 26.3. The van der Waals surface area contributed by atoms with Crippen LogP contribution in [0.15, 0.2) is 48.5 Å². The Hall–Kier alpha value is -3.72. The molecule has 0 bridgehead atoms. The predicted octanol–water partition coefficient (Wildman–Crippen LogP) is 6.50. The van der Waals surface area contributed by atoms with Crippen molar-refractivity contribution in [3.8, 4) is 34.1 Å². The Morgan fingerprint density at radius 3 is 2.58 bits per heavy atom. The van der Waals surface area contributed by atoms with Crippen LogP contribution in [0.4, 0.5) is 0 Å². The third kappa shape index (κ3) is 7.09. The molecule has 0 unspecified atom stereocenters. The number of benzene rings is 3. The summed E-state index contributed by atoms with van der Waals surface area (Å²) >= 11 is 0. The number of aliphatic carboxylic acids is 1. The lowest BCUT2D eigenvalue weighted by molar-refractivity contribution is -0.137. The van der Waals surface area contributed by atoms with E-state index in [-0.39, 0.29) is 23.3 Å². The SMILES string of the molecule is Cc1cc(OCCCS(=O)(=O)C(C)C)cc2c1-c1cc(COc3ccc4c(c3)OC[C@H]4CC(=O)O)ccc1OC(C)(C)C2. The van der Waals surface area contributed by atoms with Crippen LogP contribution >= 0.6 is 0 Å². The topological polar surface area (TPSA) is 108 Å². The third-order valence-electron chi connectivity index (χ3n) is 7.96. The summed E-state index contributed by atoms with van der Waals surface area (Å²) in [5, 5.41) is 8.77. The molecular weight excluding hydrogens is 568 g/mol. The smallest absolute Gasteiger partial charge is 0.304 e. The van der Waals surface area contributed by atoms with Crippen LogP contribution in [0, 0.1) is 6.92 Å². The van der Waals surface area contributed by atoms with Crippen LogP contribution < -0.4 is 18.9 Å². The molecule has 0 aliphatic carbocycles. The highest BCUT2D eigenvalue weighted by Gasteiger charge is 2.30. The molecule has 2 aliphatic heterocycles. The number of fused-ring (bicyclic) bond motifs is 4. The maximum atomic E-state index is 12.2. The van der Waals surface area contributed by atoms with Crippen molar-refractivity contribution in [2.45, 2.75) is 77.3 Å². The minimum absolute atomic E-state index is 0.0400. The summed E-state index contributed by atoms with van der Waals surface area (Å²) in [7, 11) is -3.10. The number of hydrogen-bond donors (Lipinski definition) is 1. The Kier molecular flexibility index (Phi) is 8.65. The largest absolute Gasteiger partial charge is 0.494 e. The van der Waals surface area contributed by atoms with Crippen LogP contribution in [-0.2, 0) is 27.7 Å². The van der Waals surface area contributed by atoms with Crippen LogP contribution in [0.25, 0.3) is 11.1 Å². The van der Waals surface area contributed by atoms with E-state index in [9.17, 15) is 13.2 Å². The molecule has 0 fully saturated rings. The molecule has 3 aromatic carbocycles. The van der Waals surface area contributed by atoms with Crippen molar-refractivity contribution in [2.75, 3.05) is 19.0 Å². The van der Waals surface area contributed by atoms with E-state index in [1.54, 1.807) is 13.8 Å². The fraction of sp³-hybridized carbons (Fsp3) is 0.441. The van der Waals surface area contributed by atoms with E-state index in [0.717, 1.165) is 44.9 Å². The van der Waals surface area contributed by atoms with Crippen LogP contribution in [0.1, 0.15) is 68.7 Å². The van der Waals surface area contributed by atoms with Gasteiger partial charge in [0, 0.05) is 29.5 Å². The molecule has 2 heterocycles. The molecule has 1 N–H and O–H groups in total. The van der Waals surface area contributed by atoms with Crippen molar-refractivity contribution in [2.24, 2.45) is 0 Å². The monoisotopic (exact) mass is 608 g/mol. The summed E-state index contributed by atoms with van der Waals surface area (Å²) in [5.74, 6) is 1.97. The fourth-order valence-corrected chi connectivity index (χ4v) is 6.75. The van der Waals surface area contributed by atoms with Gasteiger partial charge in [-0.3, -0.25) is 4.79 Å². The molecule has 3 aromatic rings. The maximum Gasteiger partial charge on any atom is 0.304 e. The quantitative estimate of drug-likeness (QED) is 0.246. The minimum Gasteiger partial charge on any atom is -0.494 e. The molecule has 230 valence electrons. The molecule has 1 atom stereocenters. The van der Waals surface area contributed by atoms with Crippen molar-refractivity contribution in [1.29, 1.82) is 0 Å². The average Bonchev–Trinajstić information content (AvgIpc) is 3.26. The number of hydrogen-bond acceptors (Lipinski definition) is 7. The van der Waals surface area contributed by atoms with Gasteiger partial charge in [0.1, 0.15) is 35.2 Å². The zero-order valence-electron chi connectivity index (χ0n) is 25.4. The van der Waals surface area contributed by atoms with Crippen molar-refractivity contribution in [1.82, 2.24) is 0 Å². The summed E-state index contributed by atoms with van der Waals surface area (Å²) in [5.41, 5.74) is 5.68. The summed E-state index contributed by atoms with van der Waals surface area (Å²) in [6, 6.07) is 15.7. The molecule has 43 heavy (non-hydrogen) atoms. The molecule has 0 amide bonds. The standard InChI is InChI=1S/C34H40O8S/c1-21(2)43(37,38)12-6-11-39-27-13-22(3)33-24(15-27)18-34(4,5)42-30-10-7-23(14-29(30)33)19-40-26-8-9-28-25(16-32(35)36)20-41-31(28)17-26/h7-10,13-15,17,21,25H,6,11-12,16,18-20H2,1-5H3,(H,35,36)/t25-/m1/s1. The zero-order chi connectivity index (χ0) is 30.9. The first-order valence-corrected chi connectivity index (χ1v) is 16.4. The summed E-state index contributed by atoms with van der Waals surface area (Å²) < 4.78 is 48.7. The van der Waals surface area contributed by atoms with E-state index in [1.165, 1.54) is 0 Å². The van der Waals surface area contributed by atoms with Crippen LogP contribution in [0.2, 0.25) is 0 Å². The Labute approximate surface area is 253 Å². The average molecular weight is 609 g/mol. The molecule has 9 heteroatoms. The van der Waals surface area contributed by atoms with E-state index in [2.05, 4.69) is 26.8 Å². The highest BCUT2D eigenvalue weighted by atomic mass is 32.2. The van der Waals surface area contributed by atoms with Crippen molar-refractivity contribution < 1.29 is 37.3 Å². The molecule has 8 nitrogen and oxygen atoms in total. The number of aryl methyl sites for hydroxylation is 1. The maximum absolute atomic E-state index is 12.2. The van der Waals surface area contributed by atoms with Gasteiger partial charge in [0.15, 0.2) is 9.84 Å².